The Balaban J connectivity index is 1.95. The number of aliphatic hydroxyl groups excluding tert-OH is 1. The van der Waals surface area contributed by atoms with Crippen molar-refractivity contribution >= 4 is 28.9 Å². The highest BCUT2D eigenvalue weighted by Gasteiger charge is 2.22. The fourth-order valence-corrected chi connectivity index (χ4v) is 3.12. The molecule has 0 spiro atoms. The molecule has 7 heteroatoms. The SMILES string of the molecule is CCCCNC(=O)c1cc(C2=C(O)C=CCN2c2ccc(F)c(Cl)c2)ccn1. The van der Waals surface area contributed by atoms with Crippen LogP contribution in [0.25, 0.3) is 5.70 Å². The summed E-state index contributed by atoms with van der Waals surface area (Å²) in [6.45, 7) is 3.09. The van der Waals surface area contributed by atoms with Gasteiger partial charge in [0, 0.05) is 30.5 Å². The monoisotopic (exact) mass is 401 g/mol. The summed E-state index contributed by atoms with van der Waals surface area (Å²) in [5.41, 5.74) is 2.01. The lowest BCUT2D eigenvalue weighted by Gasteiger charge is -2.29. The van der Waals surface area contributed by atoms with E-state index in [1.54, 1.807) is 35.3 Å². The minimum absolute atomic E-state index is 0.00314. The number of allylic oxidation sites excluding steroid dienone is 1. The van der Waals surface area contributed by atoms with Crippen LogP contribution in [-0.2, 0) is 0 Å². The predicted octanol–water partition coefficient (Wildman–Crippen LogP) is 4.71. The smallest absolute Gasteiger partial charge is 0.269 e. The Morgan fingerprint density at radius 3 is 2.93 bits per heavy atom. The number of unbranched alkanes of at least 4 members (excludes halogenated alkanes) is 1. The molecule has 146 valence electrons. The number of hydrogen-bond donors (Lipinski definition) is 2. The first-order chi connectivity index (χ1) is 13.5. The van der Waals surface area contributed by atoms with Crippen molar-refractivity contribution in [1.29, 1.82) is 0 Å². The van der Waals surface area contributed by atoms with Gasteiger partial charge < -0.3 is 15.3 Å². The van der Waals surface area contributed by atoms with Crippen LogP contribution in [0, 0.1) is 5.82 Å². The molecule has 0 atom stereocenters. The second-order valence-corrected chi connectivity index (χ2v) is 6.79. The number of benzene rings is 1. The molecule has 0 saturated carbocycles. The van der Waals surface area contributed by atoms with Crippen molar-refractivity contribution in [3.63, 3.8) is 0 Å². The number of aromatic nitrogens is 1. The molecule has 2 aromatic rings. The standard InChI is InChI=1S/C21H21ClFN3O2/c1-2-3-9-25-21(28)18-12-14(8-10-24-18)20-19(27)5-4-11-26(20)15-6-7-17(23)16(22)13-15/h4-8,10,12-13,27H,2-3,9,11H2,1H3,(H,25,28). The number of hydrogen-bond acceptors (Lipinski definition) is 4. The molecule has 1 aromatic carbocycles. The summed E-state index contributed by atoms with van der Waals surface area (Å²) >= 11 is 5.93. The van der Waals surface area contributed by atoms with Crippen LogP contribution < -0.4 is 10.2 Å². The Bertz CT molecular complexity index is 943. The maximum absolute atomic E-state index is 13.6. The van der Waals surface area contributed by atoms with Crippen molar-refractivity contribution in [3.05, 3.63) is 76.5 Å². The lowest BCUT2D eigenvalue weighted by Crippen LogP contribution is -2.27. The lowest BCUT2D eigenvalue weighted by atomic mass is 10.1. The number of nitrogens with one attached hydrogen (secondary N) is 1. The average Bonchev–Trinajstić information content (AvgIpc) is 2.70. The number of pyridine rings is 1. The summed E-state index contributed by atoms with van der Waals surface area (Å²) in [5.74, 6) is -0.740. The van der Waals surface area contributed by atoms with Gasteiger partial charge in [-0.05, 0) is 42.8 Å². The van der Waals surface area contributed by atoms with E-state index in [1.165, 1.54) is 18.3 Å². The Kier molecular flexibility index (Phi) is 6.31. The van der Waals surface area contributed by atoms with Gasteiger partial charge in [-0.25, -0.2) is 4.39 Å². The van der Waals surface area contributed by atoms with Crippen LogP contribution >= 0.6 is 11.6 Å². The lowest BCUT2D eigenvalue weighted by molar-refractivity contribution is 0.0948. The maximum Gasteiger partial charge on any atom is 0.269 e. The van der Waals surface area contributed by atoms with E-state index < -0.39 is 5.82 Å². The average molecular weight is 402 g/mol. The number of carbonyl (C=O) groups is 1. The van der Waals surface area contributed by atoms with Gasteiger partial charge in [0.05, 0.1) is 10.7 Å². The van der Waals surface area contributed by atoms with E-state index in [-0.39, 0.29) is 22.4 Å². The quantitative estimate of drug-likeness (QED) is 0.688. The predicted molar refractivity (Wildman–Crippen MR) is 109 cm³/mol. The molecule has 1 aromatic heterocycles. The van der Waals surface area contributed by atoms with Gasteiger partial charge in [-0.1, -0.05) is 31.0 Å². The van der Waals surface area contributed by atoms with Gasteiger partial charge in [-0.2, -0.15) is 0 Å². The molecule has 1 aliphatic rings. The van der Waals surface area contributed by atoms with Crippen LogP contribution in [0.2, 0.25) is 5.02 Å². The Hall–Kier alpha value is -2.86. The number of rotatable bonds is 6. The molecule has 3 rings (SSSR count). The first-order valence-corrected chi connectivity index (χ1v) is 9.46. The Morgan fingerprint density at radius 1 is 1.36 bits per heavy atom. The second-order valence-electron chi connectivity index (χ2n) is 6.38. The summed E-state index contributed by atoms with van der Waals surface area (Å²) in [4.78, 5) is 18.3. The number of halogens is 2. The molecule has 2 heterocycles. The van der Waals surface area contributed by atoms with E-state index in [0.29, 0.717) is 30.0 Å². The van der Waals surface area contributed by atoms with Crippen LogP contribution in [0.4, 0.5) is 10.1 Å². The highest BCUT2D eigenvalue weighted by Crippen LogP contribution is 2.33. The van der Waals surface area contributed by atoms with Crippen LogP contribution in [0.15, 0.2) is 54.4 Å². The maximum atomic E-state index is 13.6. The van der Waals surface area contributed by atoms with Crippen LogP contribution in [-0.4, -0.2) is 29.1 Å². The van der Waals surface area contributed by atoms with Crippen molar-refractivity contribution in [3.8, 4) is 0 Å². The fraction of sp³-hybridized carbons (Fsp3) is 0.238. The van der Waals surface area contributed by atoms with E-state index in [1.807, 2.05) is 6.92 Å². The van der Waals surface area contributed by atoms with E-state index in [0.717, 1.165) is 12.8 Å². The molecule has 28 heavy (non-hydrogen) atoms. The number of nitrogens with zero attached hydrogens (tertiary/aromatic N) is 2. The van der Waals surface area contributed by atoms with Gasteiger partial charge in [-0.15, -0.1) is 0 Å². The highest BCUT2D eigenvalue weighted by atomic mass is 35.5. The molecule has 0 unspecified atom stereocenters. The third kappa shape index (κ3) is 4.34. The zero-order valence-electron chi connectivity index (χ0n) is 15.5. The molecular formula is C21H21ClFN3O2. The van der Waals surface area contributed by atoms with Crippen molar-refractivity contribution < 1.29 is 14.3 Å². The highest BCUT2D eigenvalue weighted by molar-refractivity contribution is 6.31. The van der Waals surface area contributed by atoms with E-state index in [9.17, 15) is 14.3 Å². The summed E-state index contributed by atoms with van der Waals surface area (Å²) in [6.07, 6.45) is 6.78. The molecule has 0 bridgehead atoms. The van der Waals surface area contributed by atoms with E-state index >= 15 is 0 Å². The summed E-state index contributed by atoms with van der Waals surface area (Å²) in [5, 5.41) is 13.3. The molecule has 0 fully saturated rings. The van der Waals surface area contributed by atoms with Crippen LogP contribution in [0.5, 0.6) is 0 Å². The summed E-state index contributed by atoms with van der Waals surface area (Å²) in [6, 6.07) is 7.72. The van der Waals surface area contributed by atoms with E-state index in [2.05, 4.69) is 10.3 Å². The van der Waals surface area contributed by atoms with Gasteiger partial charge in [-0.3, -0.25) is 9.78 Å². The van der Waals surface area contributed by atoms with E-state index in [4.69, 9.17) is 11.6 Å². The largest absolute Gasteiger partial charge is 0.506 e. The van der Waals surface area contributed by atoms with Crippen molar-refractivity contribution in [2.75, 3.05) is 18.0 Å². The molecule has 1 amide bonds. The van der Waals surface area contributed by atoms with Crippen molar-refractivity contribution in [2.45, 2.75) is 19.8 Å². The fourth-order valence-electron chi connectivity index (χ4n) is 2.94. The van der Waals surface area contributed by atoms with Crippen molar-refractivity contribution in [2.24, 2.45) is 0 Å². The number of carbonyl (C=O) groups excluding carboxylic acids is 1. The Morgan fingerprint density at radius 2 is 2.18 bits per heavy atom. The van der Waals surface area contributed by atoms with Gasteiger partial charge in [0.2, 0.25) is 0 Å². The minimum Gasteiger partial charge on any atom is -0.506 e. The third-order valence-electron chi connectivity index (χ3n) is 4.37. The molecular weight excluding hydrogens is 381 g/mol. The van der Waals surface area contributed by atoms with Gasteiger partial charge in [0.1, 0.15) is 17.3 Å². The van der Waals surface area contributed by atoms with Crippen LogP contribution in [0.1, 0.15) is 35.8 Å². The van der Waals surface area contributed by atoms with Crippen LogP contribution in [0.3, 0.4) is 0 Å². The number of amides is 1. The summed E-state index contributed by atoms with van der Waals surface area (Å²) in [7, 11) is 0. The molecule has 0 radical (unpaired) electrons. The molecule has 0 aliphatic carbocycles. The molecule has 5 nitrogen and oxygen atoms in total. The topological polar surface area (TPSA) is 65.5 Å². The molecule has 2 N–H and O–H groups in total. The summed E-state index contributed by atoms with van der Waals surface area (Å²) < 4.78 is 13.6. The first-order valence-electron chi connectivity index (χ1n) is 9.08. The van der Waals surface area contributed by atoms with Gasteiger partial charge in [0.15, 0.2) is 0 Å². The third-order valence-corrected chi connectivity index (χ3v) is 4.66. The van der Waals surface area contributed by atoms with Gasteiger partial charge in [0.25, 0.3) is 5.91 Å². The Labute approximate surface area is 168 Å². The van der Waals surface area contributed by atoms with Crippen molar-refractivity contribution in [1.82, 2.24) is 10.3 Å². The second kappa shape index (κ2) is 8.89. The normalized spacial score (nSPS) is 13.8. The molecule has 1 aliphatic heterocycles. The number of anilines is 1. The zero-order valence-corrected chi connectivity index (χ0v) is 16.2. The zero-order chi connectivity index (χ0) is 20.1. The first kappa shape index (κ1) is 19.9. The van der Waals surface area contributed by atoms with Gasteiger partial charge >= 0.3 is 0 Å². The number of aliphatic hydroxyl groups is 1. The minimum atomic E-state index is -0.511. The molecule has 0 saturated heterocycles.